The van der Waals surface area contributed by atoms with Crippen LogP contribution in [0.15, 0.2) is 84.3 Å². The van der Waals surface area contributed by atoms with Crippen LogP contribution in [0.25, 0.3) is 5.69 Å². The van der Waals surface area contributed by atoms with Crippen molar-refractivity contribution in [2.24, 2.45) is 4.99 Å². The highest BCUT2D eigenvalue weighted by atomic mass is 19.4. The summed E-state index contributed by atoms with van der Waals surface area (Å²) in [6.45, 7) is 0. The molecule has 0 atom stereocenters. The van der Waals surface area contributed by atoms with Gasteiger partial charge >= 0.3 is 12.2 Å². The summed E-state index contributed by atoms with van der Waals surface area (Å²) in [5.74, 6) is -0.275. The molecule has 2 amide bonds. The van der Waals surface area contributed by atoms with E-state index in [2.05, 4.69) is 25.9 Å². The van der Waals surface area contributed by atoms with Gasteiger partial charge in [0, 0.05) is 18.3 Å². The van der Waals surface area contributed by atoms with Gasteiger partial charge in [0.2, 0.25) is 0 Å². The van der Waals surface area contributed by atoms with Gasteiger partial charge in [-0.15, -0.1) is 5.10 Å². The molecule has 0 aliphatic heterocycles. The van der Waals surface area contributed by atoms with Gasteiger partial charge in [0.1, 0.15) is 0 Å². The summed E-state index contributed by atoms with van der Waals surface area (Å²) in [6, 6.07) is 9.89. The summed E-state index contributed by atoms with van der Waals surface area (Å²) in [4.78, 5) is 29.5. The van der Waals surface area contributed by atoms with Crippen molar-refractivity contribution in [2.75, 3.05) is 10.6 Å². The number of nitrogens with zero attached hydrogens (tertiary/aromatic N) is 5. The van der Waals surface area contributed by atoms with Crippen molar-refractivity contribution in [3.8, 4) is 5.69 Å². The number of alkyl halides is 3. The molecule has 2 heterocycles. The van der Waals surface area contributed by atoms with Gasteiger partial charge in [-0.1, -0.05) is 11.3 Å². The Morgan fingerprint density at radius 2 is 1.84 bits per heavy atom. The molecule has 0 spiro atoms. The number of nitrogens with one attached hydrogen (secondary N) is 2. The normalized spacial score (nSPS) is 13.3. The van der Waals surface area contributed by atoms with E-state index < -0.39 is 17.8 Å². The van der Waals surface area contributed by atoms with Crippen molar-refractivity contribution in [3.05, 3.63) is 101 Å². The molecular weight excluding hydrogens is 503 g/mol. The van der Waals surface area contributed by atoms with Crippen LogP contribution < -0.4 is 16.0 Å². The lowest BCUT2D eigenvalue weighted by atomic mass is 10.0. The topological polar surface area (TPSA) is 126 Å². The molecule has 5 rings (SSSR count). The predicted molar refractivity (Wildman–Crippen MR) is 129 cm³/mol. The Morgan fingerprint density at radius 3 is 2.55 bits per heavy atom. The van der Waals surface area contributed by atoms with Gasteiger partial charge < -0.3 is 15.8 Å². The minimum Gasteiger partial charge on any atom is -0.429 e. The molecule has 1 aliphatic rings. The smallest absolute Gasteiger partial charge is 0.416 e. The van der Waals surface area contributed by atoms with E-state index in [-0.39, 0.29) is 17.2 Å². The van der Waals surface area contributed by atoms with Crippen LogP contribution in [-0.4, -0.2) is 36.7 Å². The van der Waals surface area contributed by atoms with E-state index in [0.29, 0.717) is 34.4 Å². The van der Waals surface area contributed by atoms with Crippen LogP contribution in [0.5, 0.6) is 0 Å². The van der Waals surface area contributed by atoms with Crippen molar-refractivity contribution in [2.45, 2.75) is 12.6 Å². The second-order valence-electron chi connectivity index (χ2n) is 8.15. The minimum absolute atomic E-state index is 0.122. The Balaban J connectivity index is 1.36. The molecule has 0 bridgehead atoms. The highest BCUT2D eigenvalue weighted by Gasteiger charge is 2.31. The van der Waals surface area contributed by atoms with Gasteiger partial charge in [0.05, 0.1) is 51.6 Å². The van der Waals surface area contributed by atoms with E-state index in [1.54, 1.807) is 30.3 Å². The van der Waals surface area contributed by atoms with E-state index in [1.807, 2.05) is 0 Å². The van der Waals surface area contributed by atoms with Gasteiger partial charge in [-0.25, -0.2) is 14.5 Å². The van der Waals surface area contributed by atoms with E-state index in [1.165, 1.54) is 41.5 Å². The van der Waals surface area contributed by atoms with Crippen molar-refractivity contribution >= 4 is 28.9 Å². The third-order valence-corrected chi connectivity index (χ3v) is 5.64. The standard InChI is InChI=1S/C25H18F3N7O3/c26-25(27,28)15-4-9-20(34-13-11-29-33-34)19(14-15)32-24(37)31-17-7-5-16(6-8-17)30-18-10-12-35(38)21-2-1-3-22(36)23(18)21/h1,3-14,38H,2H2,(H2,31,32,37). The molecule has 0 unspecified atom stereocenters. The van der Waals surface area contributed by atoms with Gasteiger partial charge in [-0.2, -0.15) is 17.9 Å². The maximum Gasteiger partial charge on any atom is 0.416 e. The Morgan fingerprint density at radius 1 is 1.05 bits per heavy atom. The molecule has 192 valence electrons. The number of rotatable bonds is 4. The fraction of sp³-hybridized carbons (Fsp3) is 0.0800. The summed E-state index contributed by atoms with van der Waals surface area (Å²) in [6.07, 6.45) is 3.03. The van der Waals surface area contributed by atoms with Gasteiger partial charge in [0.25, 0.3) is 0 Å². The largest absolute Gasteiger partial charge is 0.429 e. The van der Waals surface area contributed by atoms with Crippen LogP contribution in [0, 0.1) is 0 Å². The van der Waals surface area contributed by atoms with Crippen molar-refractivity contribution < 1.29 is 28.0 Å². The molecule has 38 heavy (non-hydrogen) atoms. The molecule has 10 nitrogen and oxygen atoms in total. The van der Waals surface area contributed by atoms with Crippen molar-refractivity contribution in [1.29, 1.82) is 0 Å². The van der Waals surface area contributed by atoms with E-state index in [9.17, 15) is 28.0 Å². The van der Waals surface area contributed by atoms with Crippen molar-refractivity contribution in [3.63, 3.8) is 0 Å². The number of anilines is 2. The number of allylic oxidation sites excluding steroid dienone is 2. The average Bonchev–Trinajstić information content (AvgIpc) is 3.41. The second kappa shape index (κ2) is 9.69. The maximum absolute atomic E-state index is 13.2. The third-order valence-electron chi connectivity index (χ3n) is 5.64. The maximum atomic E-state index is 13.2. The molecule has 1 aliphatic carbocycles. The van der Waals surface area contributed by atoms with Crippen LogP contribution in [-0.2, 0) is 12.6 Å². The van der Waals surface area contributed by atoms with Crippen LogP contribution in [0.4, 0.5) is 35.0 Å². The summed E-state index contributed by atoms with van der Waals surface area (Å²) < 4.78 is 41.9. The molecule has 2 aromatic heterocycles. The lowest BCUT2D eigenvalue weighted by Crippen LogP contribution is -2.24. The number of benzene rings is 2. The zero-order chi connectivity index (χ0) is 26.9. The highest BCUT2D eigenvalue weighted by molar-refractivity contribution is 6.06. The summed E-state index contributed by atoms with van der Waals surface area (Å²) in [7, 11) is 0. The Hall–Kier alpha value is -5.20. The molecule has 13 heteroatoms. The van der Waals surface area contributed by atoms with E-state index in [4.69, 9.17) is 0 Å². The number of halogens is 3. The van der Waals surface area contributed by atoms with Crippen LogP contribution in [0.2, 0.25) is 0 Å². The Kier molecular flexibility index (Phi) is 6.24. The number of pyridine rings is 1. The molecule has 3 N–H and O–H groups in total. The fourth-order valence-corrected chi connectivity index (χ4v) is 3.89. The number of fused-ring (bicyclic) bond motifs is 1. The number of carbonyl (C=O) groups is 2. The zero-order valence-electron chi connectivity index (χ0n) is 19.3. The van der Waals surface area contributed by atoms with Crippen LogP contribution in [0.1, 0.15) is 21.6 Å². The first-order chi connectivity index (χ1) is 18.2. The number of amides is 2. The molecule has 0 saturated carbocycles. The third kappa shape index (κ3) is 5.02. The zero-order valence-corrected chi connectivity index (χ0v) is 19.3. The van der Waals surface area contributed by atoms with E-state index >= 15 is 0 Å². The van der Waals surface area contributed by atoms with Gasteiger partial charge in [-0.05, 0) is 54.6 Å². The number of hydrogen-bond donors (Lipinski definition) is 3. The second-order valence-corrected chi connectivity index (χ2v) is 8.15. The summed E-state index contributed by atoms with van der Waals surface area (Å²) in [5, 5.41) is 22.8. The van der Waals surface area contributed by atoms with Gasteiger partial charge in [-0.3, -0.25) is 4.79 Å². The number of ketones is 1. The number of hydrogen-bond acceptors (Lipinski definition) is 6. The minimum atomic E-state index is -4.61. The Bertz CT molecular complexity index is 1620. The molecule has 0 radical (unpaired) electrons. The van der Waals surface area contributed by atoms with Gasteiger partial charge in [0.15, 0.2) is 5.78 Å². The molecule has 0 fully saturated rings. The quantitative estimate of drug-likeness (QED) is 0.341. The molecule has 4 aromatic rings. The fourth-order valence-electron chi connectivity index (χ4n) is 3.89. The Labute approximate surface area is 212 Å². The molecule has 2 aromatic carbocycles. The molecular formula is C25H18F3N7O3. The number of carbonyl (C=O) groups excluding carboxylic acids is 2. The highest BCUT2D eigenvalue weighted by Crippen LogP contribution is 2.33. The average molecular weight is 521 g/mol. The monoisotopic (exact) mass is 521 g/mol. The predicted octanol–water partition coefficient (Wildman–Crippen LogP) is 4.50. The first kappa shape index (κ1) is 24.5. The number of aromatic nitrogens is 4. The van der Waals surface area contributed by atoms with Crippen LogP contribution in [0.3, 0.4) is 0 Å². The summed E-state index contributed by atoms with van der Waals surface area (Å²) >= 11 is 0. The number of urea groups is 1. The first-order valence-corrected chi connectivity index (χ1v) is 11.1. The lowest BCUT2D eigenvalue weighted by Gasteiger charge is -2.15. The van der Waals surface area contributed by atoms with Crippen LogP contribution >= 0.6 is 0 Å². The lowest BCUT2D eigenvalue weighted by molar-refractivity contribution is -0.137. The first-order valence-electron chi connectivity index (χ1n) is 11.1. The SMILES string of the molecule is O=C(Nc1ccc(N=c2ccn(O)c3c2C(=O)C=CC3)cc1)Nc1cc(C(F)(F)F)ccc1-n1ccnn1. The van der Waals surface area contributed by atoms with Crippen molar-refractivity contribution in [1.82, 2.24) is 19.7 Å². The van der Waals surface area contributed by atoms with E-state index in [0.717, 1.165) is 16.9 Å². The summed E-state index contributed by atoms with van der Waals surface area (Å²) in [5.41, 5.74) is 0.673. The molecule has 0 saturated heterocycles.